The summed E-state index contributed by atoms with van der Waals surface area (Å²) in [5.41, 5.74) is 20.3. The quantitative estimate of drug-likeness (QED) is 0.0966. The van der Waals surface area contributed by atoms with Gasteiger partial charge >= 0.3 is 0 Å². The normalized spacial score (nSPS) is 19.9. The number of nitrogens with two attached hydrogens (primary N) is 2. The van der Waals surface area contributed by atoms with Crippen LogP contribution in [0.2, 0.25) is 44.9 Å². The summed E-state index contributed by atoms with van der Waals surface area (Å²) in [5, 5.41) is 20.9. The summed E-state index contributed by atoms with van der Waals surface area (Å²) >= 11 is 0. The molecule has 0 aromatic heterocycles. The molecule has 7 heteroatoms. The van der Waals surface area contributed by atoms with Gasteiger partial charge in [-0.05, 0) is 96.9 Å². The Morgan fingerprint density at radius 1 is 0.627 bits per heavy atom. The highest BCUT2D eigenvalue weighted by Crippen LogP contribution is 2.40. The minimum atomic E-state index is -0.731. The Balaban J connectivity index is 0.000000186. The number of aliphatic hydroxyl groups excluding tert-OH is 2. The van der Waals surface area contributed by atoms with Gasteiger partial charge in [-0.25, -0.2) is 0 Å². The Morgan fingerprint density at radius 3 is 1.61 bits per heavy atom. The standard InChI is InChI=1S/C19H23NO.C18H20N2O.C7H20Si2/c20-18-10-7-14(8-11-18)12-15-6-9-17(13-15)19(21)16-4-2-1-3-5-16;19-15-8-6-13(7-9-15)12-16-10-11-17(20-16)18(21)14-4-2-1-3-5-14;1-8(2,3)7-9(4,5)6/h1-5,7-8,10-11,15,17,19,21H,6,9,12-13,20H2;1-9,17-18,21H,10-12,19H2;7H2,1-6H3/t15-,17-,19+;17-,18-;/m01./s1. The van der Waals surface area contributed by atoms with Gasteiger partial charge in [-0.1, -0.05) is 130 Å². The topological polar surface area (TPSA) is 105 Å². The molecule has 0 radical (unpaired) electrons. The van der Waals surface area contributed by atoms with Crippen LogP contribution in [0.15, 0.2) is 114 Å². The lowest BCUT2D eigenvalue weighted by Gasteiger charge is -2.25. The molecule has 1 aliphatic carbocycles. The van der Waals surface area contributed by atoms with E-state index in [1.807, 2.05) is 97.1 Å². The molecule has 0 bridgehead atoms. The van der Waals surface area contributed by atoms with Gasteiger partial charge in [0.2, 0.25) is 0 Å². The van der Waals surface area contributed by atoms with Gasteiger partial charge in [0.25, 0.3) is 0 Å². The van der Waals surface area contributed by atoms with Crippen molar-refractivity contribution in [3.63, 3.8) is 0 Å². The Labute approximate surface area is 310 Å². The van der Waals surface area contributed by atoms with Gasteiger partial charge in [-0.3, -0.25) is 4.99 Å². The molecule has 5 nitrogen and oxygen atoms in total. The zero-order valence-electron chi connectivity index (χ0n) is 31.9. The van der Waals surface area contributed by atoms with Gasteiger partial charge in [0.15, 0.2) is 0 Å². The molecule has 274 valence electrons. The molecule has 1 heterocycles. The first-order valence-corrected chi connectivity index (χ1v) is 26.3. The average Bonchev–Trinajstić information content (AvgIpc) is 3.76. The number of hydrogen-bond donors (Lipinski definition) is 4. The average molecular weight is 722 g/mol. The molecule has 6 N–H and O–H groups in total. The molecule has 1 saturated carbocycles. The fourth-order valence-electron chi connectivity index (χ4n) is 7.87. The van der Waals surface area contributed by atoms with Gasteiger partial charge in [-0.15, -0.1) is 0 Å². The first-order valence-electron chi connectivity index (χ1n) is 18.9. The number of nitrogen functional groups attached to an aromatic ring is 2. The van der Waals surface area contributed by atoms with E-state index in [4.69, 9.17) is 16.5 Å². The summed E-state index contributed by atoms with van der Waals surface area (Å²) in [5.74, 6) is 1.07. The number of hydrogen-bond acceptors (Lipinski definition) is 5. The molecule has 0 spiro atoms. The minimum Gasteiger partial charge on any atom is -0.399 e. The second-order valence-corrected chi connectivity index (χ2v) is 28.8. The van der Waals surface area contributed by atoms with Gasteiger partial charge < -0.3 is 21.7 Å². The molecule has 0 saturated heterocycles. The molecule has 51 heavy (non-hydrogen) atoms. The van der Waals surface area contributed by atoms with E-state index in [1.165, 1.54) is 23.3 Å². The van der Waals surface area contributed by atoms with Crippen LogP contribution in [0.1, 0.15) is 66.6 Å². The Bertz CT molecular complexity index is 1600. The predicted molar refractivity (Wildman–Crippen MR) is 225 cm³/mol. The van der Waals surface area contributed by atoms with Crippen molar-refractivity contribution in [1.29, 1.82) is 0 Å². The molecule has 6 rings (SSSR count). The second kappa shape index (κ2) is 18.8. The van der Waals surface area contributed by atoms with Crippen LogP contribution in [0.25, 0.3) is 0 Å². The van der Waals surface area contributed by atoms with Crippen molar-refractivity contribution in [3.05, 3.63) is 131 Å². The highest BCUT2D eigenvalue weighted by molar-refractivity contribution is 6.94. The van der Waals surface area contributed by atoms with Crippen molar-refractivity contribution in [2.75, 3.05) is 11.5 Å². The van der Waals surface area contributed by atoms with Crippen molar-refractivity contribution in [3.8, 4) is 0 Å². The van der Waals surface area contributed by atoms with E-state index < -0.39 is 22.3 Å². The van der Waals surface area contributed by atoms with Gasteiger partial charge in [0.05, 0.1) is 12.1 Å². The molecule has 0 unspecified atom stereocenters. The summed E-state index contributed by atoms with van der Waals surface area (Å²) in [6.45, 7) is 14.8. The number of rotatable bonds is 10. The fourth-order valence-corrected chi connectivity index (χ4v) is 20.6. The summed E-state index contributed by atoms with van der Waals surface area (Å²) < 4.78 is 0. The summed E-state index contributed by atoms with van der Waals surface area (Å²) in [6, 6.07) is 35.9. The number of aliphatic hydroxyl groups is 2. The number of benzene rings is 4. The zero-order chi connectivity index (χ0) is 37.0. The van der Waals surface area contributed by atoms with Crippen LogP contribution in [-0.2, 0) is 12.8 Å². The SMILES string of the molecule is C[Si](C)(C)C[Si](C)(C)C.Nc1ccc(CC2=N[C@@H]([C@H](O)c3ccccc3)CC2)cc1.Nc1ccc(C[C@@H]2CC[C@H]([C@H](O)c3ccccc3)C2)cc1. The molecule has 5 atom stereocenters. The van der Waals surface area contributed by atoms with E-state index in [9.17, 15) is 10.2 Å². The molecule has 1 aliphatic heterocycles. The van der Waals surface area contributed by atoms with Crippen LogP contribution in [0, 0.1) is 11.8 Å². The number of nitrogens with zero attached hydrogens (tertiary/aromatic N) is 1. The Kier molecular flexibility index (Phi) is 14.9. The summed E-state index contributed by atoms with van der Waals surface area (Å²) in [6.07, 6.45) is 6.43. The lowest BCUT2D eigenvalue weighted by atomic mass is 9.91. The van der Waals surface area contributed by atoms with Gasteiger partial charge in [-0.2, -0.15) is 0 Å². The summed E-state index contributed by atoms with van der Waals surface area (Å²) in [4.78, 5) is 4.72. The molecular weight excluding hydrogens is 659 g/mol. The van der Waals surface area contributed by atoms with Crippen LogP contribution in [0.5, 0.6) is 0 Å². The van der Waals surface area contributed by atoms with Crippen molar-refractivity contribution >= 4 is 33.2 Å². The van der Waals surface area contributed by atoms with Crippen molar-refractivity contribution in [2.45, 2.75) is 108 Å². The minimum absolute atomic E-state index is 0.0174. The van der Waals surface area contributed by atoms with Crippen molar-refractivity contribution in [1.82, 2.24) is 0 Å². The zero-order valence-corrected chi connectivity index (χ0v) is 33.9. The van der Waals surface area contributed by atoms with E-state index in [0.717, 1.165) is 61.0 Å². The van der Waals surface area contributed by atoms with E-state index in [1.54, 1.807) is 5.67 Å². The first-order chi connectivity index (χ1) is 24.1. The second-order valence-electron chi connectivity index (χ2n) is 17.1. The van der Waals surface area contributed by atoms with Gasteiger partial charge in [0, 0.05) is 39.7 Å². The van der Waals surface area contributed by atoms with Crippen LogP contribution in [0.3, 0.4) is 0 Å². The molecule has 4 aromatic carbocycles. The van der Waals surface area contributed by atoms with Crippen LogP contribution in [0.4, 0.5) is 11.4 Å². The monoisotopic (exact) mass is 721 g/mol. The molecule has 1 fully saturated rings. The molecule has 2 aliphatic rings. The van der Waals surface area contributed by atoms with Crippen LogP contribution < -0.4 is 11.5 Å². The molecule has 4 aromatic rings. The molecular formula is C44H63N3O2Si2. The van der Waals surface area contributed by atoms with Crippen molar-refractivity contribution in [2.24, 2.45) is 16.8 Å². The van der Waals surface area contributed by atoms with E-state index in [-0.39, 0.29) is 12.1 Å². The van der Waals surface area contributed by atoms with E-state index in [2.05, 4.69) is 51.4 Å². The smallest absolute Gasteiger partial charge is 0.101 e. The third-order valence-corrected chi connectivity index (χ3v) is 18.2. The lowest BCUT2D eigenvalue weighted by Crippen LogP contribution is -2.34. The largest absolute Gasteiger partial charge is 0.399 e. The maximum Gasteiger partial charge on any atom is 0.101 e. The highest BCUT2D eigenvalue weighted by Gasteiger charge is 2.31. The lowest BCUT2D eigenvalue weighted by molar-refractivity contribution is 0.109. The predicted octanol–water partition coefficient (Wildman–Crippen LogP) is 10.3. The highest BCUT2D eigenvalue weighted by atomic mass is 28.4. The molecule has 0 amide bonds. The maximum atomic E-state index is 10.5. The Morgan fingerprint density at radius 2 is 1.12 bits per heavy atom. The number of aliphatic imine (C=N–C) groups is 1. The van der Waals surface area contributed by atoms with Gasteiger partial charge in [0.1, 0.15) is 6.10 Å². The maximum absolute atomic E-state index is 10.5. The van der Waals surface area contributed by atoms with E-state index in [0.29, 0.717) is 11.8 Å². The fraction of sp³-hybridized carbons (Fsp3) is 0.432. The summed E-state index contributed by atoms with van der Waals surface area (Å²) in [7, 11) is -1.46. The van der Waals surface area contributed by atoms with Crippen molar-refractivity contribution < 1.29 is 10.2 Å². The first kappa shape index (κ1) is 40.3. The Hall–Kier alpha value is -3.50. The van der Waals surface area contributed by atoms with Crippen LogP contribution >= 0.6 is 0 Å². The van der Waals surface area contributed by atoms with E-state index >= 15 is 0 Å². The van der Waals surface area contributed by atoms with Crippen LogP contribution in [-0.4, -0.2) is 38.1 Å². The third kappa shape index (κ3) is 14.2. The third-order valence-electron chi connectivity index (χ3n) is 9.70. The number of anilines is 2.